The summed E-state index contributed by atoms with van der Waals surface area (Å²) in [6.07, 6.45) is 7.73. The molecule has 0 saturated heterocycles. The van der Waals surface area contributed by atoms with Crippen LogP contribution in [0.5, 0.6) is 0 Å². The number of likely N-dealkylation sites (N-methyl/N-ethyl adjacent to an activating group) is 1. The standard InChI is InChI=1S/C16H30N2O2/c1-4-17-16(15(19)20)9-8-14(11-16)18(3)13-7-5-6-12(2)10-13/h12-14,17H,4-11H2,1-3H3,(H,19,20). The van der Waals surface area contributed by atoms with Gasteiger partial charge in [-0.05, 0) is 51.6 Å². The molecule has 0 amide bonds. The molecule has 0 bridgehead atoms. The number of hydrogen-bond donors (Lipinski definition) is 2. The Kier molecular flexibility index (Phi) is 5.08. The van der Waals surface area contributed by atoms with E-state index in [2.05, 4.69) is 24.2 Å². The van der Waals surface area contributed by atoms with E-state index in [-0.39, 0.29) is 0 Å². The van der Waals surface area contributed by atoms with Crippen molar-refractivity contribution in [3.8, 4) is 0 Å². The third-order valence-electron chi connectivity index (χ3n) is 5.47. The highest BCUT2D eigenvalue weighted by Gasteiger charge is 2.46. The Bertz CT molecular complexity index is 347. The summed E-state index contributed by atoms with van der Waals surface area (Å²) in [5, 5.41) is 12.8. The molecule has 4 nitrogen and oxygen atoms in total. The summed E-state index contributed by atoms with van der Waals surface area (Å²) >= 11 is 0. The average Bonchev–Trinajstić information content (AvgIpc) is 2.84. The van der Waals surface area contributed by atoms with E-state index in [4.69, 9.17) is 0 Å². The third-order valence-corrected chi connectivity index (χ3v) is 5.47. The monoisotopic (exact) mass is 282 g/mol. The molecule has 0 aliphatic heterocycles. The van der Waals surface area contributed by atoms with E-state index in [1.54, 1.807) is 0 Å². The molecule has 116 valence electrons. The molecule has 0 aromatic rings. The van der Waals surface area contributed by atoms with E-state index < -0.39 is 11.5 Å². The van der Waals surface area contributed by atoms with E-state index in [9.17, 15) is 9.90 Å². The highest BCUT2D eigenvalue weighted by Crippen LogP contribution is 2.36. The molecule has 0 spiro atoms. The molecule has 0 aromatic heterocycles. The lowest BCUT2D eigenvalue weighted by Gasteiger charge is -2.38. The summed E-state index contributed by atoms with van der Waals surface area (Å²) in [5.41, 5.74) is -0.687. The van der Waals surface area contributed by atoms with Gasteiger partial charge in [0.1, 0.15) is 5.54 Å². The van der Waals surface area contributed by atoms with Crippen LogP contribution in [0.15, 0.2) is 0 Å². The van der Waals surface area contributed by atoms with Crippen molar-refractivity contribution in [1.82, 2.24) is 10.2 Å². The number of hydrogen-bond acceptors (Lipinski definition) is 3. The topological polar surface area (TPSA) is 52.6 Å². The molecule has 2 rings (SSSR count). The molecule has 0 aromatic carbocycles. The highest BCUT2D eigenvalue weighted by atomic mass is 16.4. The van der Waals surface area contributed by atoms with Crippen LogP contribution >= 0.6 is 0 Å². The summed E-state index contributed by atoms with van der Waals surface area (Å²) in [5.74, 6) is 0.142. The van der Waals surface area contributed by atoms with Gasteiger partial charge in [0.2, 0.25) is 0 Å². The summed E-state index contributed by atoms with van der Waals surface area (Å²) in [6.45, 7) is 5.06. The predicted octanol–water partition coefficient (Wildman–Crippen LogP) is 2.48. The van der Waals surface area contributed by atoms with Crippen molar-refractivity contribution in [1.29, 1.82) is 0 Å². The van der Waals surface area contributed by atoms with Crippen molar-refractivity contribution < 1.29 is 9.90 Å². The maximum absolute atomic E-state index is 11.6. The lowest BCUT2D eigenvalue weighted by atomic mass is 9.85. The van der Waals surface area contributed by atoms with Gasteiger partial charge in [-0.15, -0.1) is 0 Å². The van der Waals surface area contributed by atoms with Crippen molar-refractivity contribution in [3.05, 3.63) is 0 Å². The van der Waals surface area contributed by atoms with Crippen molar-refractivity contribution >= 4 is 5.97 Å². The van der Waals surface area contributed by atoms with E-state index >= 15 is 0 Å². The number of nitrogens with zero attached hydrogens (tertiary/aromatic N) is 1. The zero-order chi connectivity index (χ0) is 14.8. The first-order valence-corrected chi connectivity index (χ1v) is 8.19. The van der Waals surface area contributed by atoms with Crippen molar-refractivity contribution in [2.24, 2.45) is 5.92 Å². The maximum Gasteiger partial charge on any atom is 0.323 e. The molecule has 0 heterocycles. The van der Waals surface area contributed by atoms with Crippen LogP contribution in [-0.2, 0) is 4.79 Å². The summed E-state index contributed by atoms with van der Waals surface area (Å²) < 4.78 is 0. The second kappa shape index (κ2) is 6.44. The fourth-order valence-electron chi connectivity index (χ4n) is 4.21. The van der Waals surface area contributed by atoms with Crippen LogP contribution in [0.25, 0.3) is 0 Å². The van der Waals surface area contributed by atoms with Gasteiger partial charge >= 0.3 is 5.97 Å². The second-order valence-electron chi connectivity index (χ2n) is 6.91. The Hall–Kier alpha value is -0.610. The van der Waals surface area contributed by atoms with Gasteiger partial charge in [0.15, 0.2) is 0 Å². The van der Waals surface area contributed by atoms with Crippen LogP contribution in [0.4, 0.5) is 0 Å². The Labute approximate surface area is 122 Å². The van der Waals surface area contributed by atoms with Crippen LogP contribution in [0.3, 0.4) is 0 Å². The molecule has 0 radical (unpaired) electrons. The van der Waals surface area contributed by atoms with E-state index in [1.165, 1.54) is 25.7 Å². The second-order valence-corrected chi connectivity index (χ2v) is 6.91. The largest absolute Gasteiger partial charge is 0.480 e. The molecular weight excluding hydrogens is 252 g/mol. The predicted molar refractivity (Wildman–Crippen MR) is 80.9 cm³/mol. The molecule has 2 aliphatic carbocycles. The molecular formula is C16H30N2O2. The first kappa shape index (κ1) is 15.8. The summed E-state index contributed by atoms with van der Waals surface area (Å²) in [7, 11) is 2.21. The number of nitrogens with one attached hydrogen (secondary N) is 1. The summed E-state index contributed by atoms with van der Waals surface area (Å²) in [4.78, 5) is 14.1. The number of carboxylic acid groups (broad SMARTS) is 1. The zero-order valence-electron chi connectivity index (χ0n) is 13.2. The summed E-state index contributed by atoms with van der Waals surface area (Å²) in [6, 6.07) is 1.07. The molecule has 2 fully saturated rings. The van der Waals surface area contributed by atoms with E-state index in [0.717, 1.165) is 31.7 Å². The Morgan fingerprint density at radius 2 is 2.10 bits per heavy atom. The number of carbonyl (C=O) groups is 1. The molecule has 2 N–H and O–H groups in total. The van der Waals surface area contributed by atoms with Crippen molar-refractivity contribution in [2.45, 2.75) is 76.4 Å². The van der Waals surface area contributed by atoms with E-state index in [0.29, 0.717) is 12.1 Å². The van der Waals surface area contributed by atoms with Gasteiger partial charge in [-0.3, -0.25) is 4.79 Å². The van der Waals surface area contributed by atoms with Gasteiger partial charge in [-0.2, -0.15) is 0 Å². The number of rotatable bonds is 5. The quantitative estimate of drug-likeness (QED) is 0.813. The SMILES string of the molecule is CCNC1(C(=O)O)CCC(N(C)C2CCCC(C)C2)C1. The molecule has 4 heteroatoms. The van der Waals surface area contributed by atoms with Crippen LogP contribution in [-0.4, -0.2) is 47.2 Å². The van der Waals surface area contributed by atoms with Crippen LogP contribution in [0.2, 0.25) is 0 Å². The first-order valence-electron chi connectivity index (χ1n) is 8.19. The van der Waals surface area contributed by atoms with Gasteiger partial charge in [-0.25, -0.2) is 0 Å². The third kappa shape index (κ3) is 3.17. The Morgan fingerprint density at radius 3 is 2.70 bits per heavy atom. The van der Waals surface area contributed by atoms with Crippen LogP contribution in [0, 0.1) is 5.92 Å². The lowest BCUT2D eigenvalue weighted by molar-refractivity contribution is -0.144. The smallest absolute Gasteiger partial charge is 0.323 e. The highest BCUT2D eigenvalue weighted by molar-refractivity contribution is 5.79. The van der Waals surface area contributed by atoms with Crippen molar-refractivity contribution in [3.63, 3.8) is 0 Å². The lowest BCUT2D eigenvalue weighted by Crippen LogP contribution is -2.51. The van der Waals surface area contributed by atoms with Gasteiger partial charge in [0, 0.05) is 12.1 Å². The fourth-order valence-corrected chi connectivity index (χ4v) is 4.21. The molecule has 2 saturated carbocycles. The Morgan fingerprint density at radius 1 is 1.35 bits per heavy atom. The van der Waals surface area contributed by atoms with E-state index in [1.807, 2.05) is 6.92 Å². The molecule has 20 heavy (non-hydrogen) atoms. The van der Waals surface area contributed by atoms with Crippen LogP contribution in [0.1, 0.15) is 58.8 Å². The van der Waals surface area contributed by atoms with Gasteiger partial charge in [0.05, 0.1) is 0 Å². The number of aliphatic carboxylic acids is 1. The minimum Gasteiger partial charge on any atom is -0.480 e. The minimum atomic E-state index is -0.687. The fraction of sp³-hybridized carbons (Fsp3) is 0.938. The maximum atomic E-state index is 11.6. The molecule has 4 atom stereocenters. The van der Waals surface area contributed by atoms with Gasteiger partial charge in [-0.1, -0.05) is 26.7 Å². The normalized spacial score (nSPS) is 38.3. The average molecular weight is 282 g/mol. The first-order chi connectivity index (χ1) is 9.48. The molecule has 2 aliphatic rings. The molecule has 4 unspecified atom stereocenters. The Balaban J connectivity index is 1.98. The number of carboxylic acids is 1. The van der Waals surface area contributed by atoms with Crippen molar-refractivity contribution in [2.75, 3.05) is 13.6 Å². The zero-order valence-corrected chi connectivity index (χ0v) is 13.2. The van der Waals surface area contributed by atoms with Gasteiger partial charge in [0.25, 0.3) is 0 Å². The van der Waals surface area contributed by atoms with Gasteiger partial charge < -0.3 is 15.3 Å². The van der Waals surface area contributed by atoms with Crippen LogP contribution < -0.4 is 5.32 Å². The minimum absolute atomic E-state index is 0.417.